The Bertz CT molecular complexity index is 435. The van der Waals surface area contributed by atoms with Gasteiger partial charge in [0.05, 0.1) is 11.3 Å². The van der Waals surface area contributed by atoms with E-state index in [0.29, 0.717) is 18.5 Å². The van der Waals surface area contributed by atoms with Gasteiger partial charge < -0.3 is 11.1 Å². The largest absolute Gasteiger partial charge is 0.382 e. The van der Waals surface area contributed by atoms with E-state index in [9.17, 15) is 13.6 Å². The Balaban J connectivity index is 2.82. The van der Waals surface area contributed by atoms with Gasteiger partial charge in [-0.3, -0.25) is 4.79 Å². The van der Waals surface area contributed by atoms with Gasteiger partial charge in [0.2, 0.25) is 0 Å². The van der Waals surface area contributed by atoms with Crippen LogP contribution in [0.5, 0.6) is 0 Å². The van der Waals surface area contributed by atoms with Gasteiger partial charge in [0, 0.05) is 12.6 Å². The van der Waals surface area contributed by atoms with Crippen molar-refractivity contribution < 1.29 is 13.6 Å². The number of primary amides is 1. The lowest BCUT2D eigenvalue weighted by Crippen LogP contribution is -2.16. The number of carbonyl (C=O) groups excluding carboxylic acids is 1. The van der Waals surface area contributed by atoms with Gasteiger partial charge >= 0.3 is 0 Å². The highest BCUT2D eigenvalue weighted by molar-refractivity contribution is 5.94. The van der Waals surface area contributed by atoms with Gasteiger partial charge in [-0.05, 0) is 18.4 Å². The smallest absolute Gasteiger partial charge is 0.251 e. The Kier molecular flexibility index (Phi) is 5.07. The van der Waals surface area contributed by atoms with Crippen molar-refractivity contribution in [3.8, 4) is 0 Å². The van der Waals surface area contributed by atoms with Crippen LogP contribution in [0.2, 0.25) is 0 Å². The van der Waals surface area contributed by atoms with Crippen molar-refractivity contribution >= 4 is 11.6 Å². The summed E-state index contributed by atoms with van der Waals surface area (Å²) in [4.78, 5) is 11.0. The van der Waals surface area contributed by atoms with Crippen molar-refractivity contribution in [2.24, 2.45) is 11.7 Å². The standard InChI is InChI=1S/C13H18F2N2O/c1-3-4-8(2)7-17-12-5-9(13(16)18)10(14)6-11(12)15/h5-6,8,17H,3-4,7H2,1-2H3,(H2,16,18). The summed E-state index contributed by atoms with van der Waals surface area (Å²) in [6.07, 6.45) is 2.06. The number of nitrogens with one attached hydrogen (secondary N) is 1. The molecule has 0 spiro atoms. The van der Waals surface area contributed by atoms with E-state index in [1.165, 1.54) is 0 Å². The average molecular weight is 256 g/mol. The maximum atomic E-state index is 13.5. The van der Waals surface area contributed by atoms with Crippen molar-refractivity contribution in [1.82, 2.24) is 0 Å². The van der Waals surface area contributed by atoms with Gasteiger partial charge in [-0.25, -0.2) is 8.78 Å². The molecular formula is C13H18F2N2O. The maximum absolute atomic E-state index is 13.5. The summed E-state index contributed by atoms with van der Waals surface area (Å²) >= 11 is 0. The molecule has 3 nitrogen and oxygen atoms in total. The first-order chi connectivity index (χ1) is 8.45. The fraction of sp³-hybridized carbons (Fsp3) is 0.462. The number of benzene rings is 1. The molecule has 1 amide bonds. The van der Waals surface area contributed by atoms with E-state index in [0.717, 1.165) is 18.9 Å². The highest BCUT2D eigenvalue weighted by Crippen LogP contribution is 2.20. The summed E-state index contributed by atoms with van der Waals surface area (Å²) in [7, 11) is 0. The molecule has 0 radical (unpaired) electrons. The highest BCUT2D eigenvalue weighted by Gasteiger charge is 2.14. The van der Waals surface area contributed by atoms with E-state index in [4.69, 9.17) is 5.73 Å². The topological polar surface area (TPSA) is 55.1 Å². The second kappa shape index (κ2) is 6.33. The third-order valence-corrected chi connectivity index (χ3v) is 2.74. The van der Waals surface area contributed by atoms with Crippen LogP contribution in [0.3, 0.4) is 0 Å². The summed E-state index contributed by atoms with van der Waals surface area (Å²) in [6, 6.07) is 1.79. The van der Waals surface area contributed by atoms with Gasteiger partial charge in [-0.2, -0.15) is 0 Å². The van der Waals surface area contributed by atoms with Gasteiger partial charge in [0.1, 0.15) is 11.6 Å². The van der Waals surface area contributed by atoms with Crippen LogP contribution in [0.4, 0.5) is 14.5 Å². The van der Waals surface area contributed by atoms with Crippen molar-refractivity contribution in [3.63, 3.8) is 0 Å². The van der Waals surface area contributed by atoms with Crippen LogP contribution in [0.25, 0.3) is 0 Å². The van der Waals surface area contributed by atoms with Gasteiger partial charge in [-0.15, -0.1) is 0 Å². The van der Waals surface area contributed by atoms with Crippen LogP contribution in [-0.4, -0.2) is 12.5 Å². The zero-order valence-electron chi connectivity index (χ0n) is 10.6. The minimum absolute atomic E-state index is 0.105. The molecule has 18 heavy (non-hydrogen) atoms. The molecule has 1 atom stereocenters. The zero-order valence-corrected chi connectivity index (χ0v) is 10.6. The Hall–Kier alpha value is -1.65. The van der Waals surface area contributed by atoms with Crippen molar-refractivity contribution in [2.45, 2.75) is 26.7 Å². The number of hydrogen-bond acceptors (Lipinski definition) is 2. The number of amides is 1. The molecule has 1 unspecified atom stereocenters. The predicted octanol–water partition coefficient (Wildman–Crippen LogP) is 2.91. The van der Waals surface area contributed by atoms with Crippen LogP contribution in [0, 0.1) is 17.6 Å². The number of hydrogen-bond donors (Lipinski definition) is 2. The van der Waals surface area contributed by atoms with E-state index < -0.39 is 17.5 Å². The molecule has 1 aromatic carbocycles. The number of anilines is 1. The zero-order chi connectivity index (χ0) is 13.7. The Morgan fingerprint density at radius 2 is 2.06 bits per heavy atom. The molecule has 0 aromatic heterocycles. The number of halogens is 2. The average Bonchev–Trinajstić information content (AvgIpc) is 2.27. The van der Waals surface area contributed by atoms with Crippen LogP contribution < -0.4 is 11.1 Å². The molecule has 3 N–H and O–H groups in total. The molecule has 1 aromatic rings. The van der Waals surface area contributed by atoms with Gasteiger partial charge in [0.25, 0.3) is 5.91 Å². The van der Waals surface area contributed by atoms with Crippen LogP contribution in [-0.2, 0) is 0 Å². The monoisotopic (exact) mass is 256 g/mol. The first kappa shape index (κ1) is 14.4. The molecule has 100 valence electrons. The lowest BCUT2D eigenvalue weighted by molar-refractivity contribution is 0.0996. The third-order valence-electron chi connectivity index (χ3n) is 2.74. The molecule has 0 bridgehead atoms. The van der Waals surface area contributed by atoms with Crippen molar-refractivity contribution in [2.75, 3.05) is 11.9 Å². The predicted molar refractivity (Wildman–Crippen MR) is 67.4 cm³/mol. The van der Waals surface area contributed by atoms with E-state index in [2.05, 4.69) is 12.2 Å². The molecule has 5 heteroatoms. The lowest BCUT2D eigenvalue weighted by atomic mass is 10.1. The second-order valence-corrected chi connectivity index (χ2v) is 4.45. The molecule has 0 saturated heterocycles. The molecule has 0 aliphatic rings. The third kappa shape index (κ3) is 3.68. The Labute approximate surface area is 105 Å². The van der Waals surface area contributed by atoms with Crippen LogP contribution in [0.1, 0.15) is 37.0 Å². The summed E-state index contributed by atoms with van der Waals surface area (Å²) in [5, 5.41) is 2.87. The molecule has 0 saturated carbocycles. The molecule has 0 aliphatic heterocycles. The van der Waals surface area contributed by atoms with Crippen molar-refractivity contribution in [1.29, 1.82) is 0 Å². The van der Waals surface area contributed by atoms with Crippen molar-refractivity contribution in [3.05, 3.63) is 29.3 Å². The quantitative estimate of drug-likeness (QED) is 0.822. The number of nitrogens with two attached hydrogens (primary N) is 1. The SMILES string of the molecule is CCCC(C)CNc1cc(C(N)=O)c(F)cc1F. The summed E-state index contributed by atoms with van der Waals surface area (Å²) in [5.41, 5.74) is 4.81. The van der Waals surface area contributed by atoms with E-state index in [1.54, 1.807) is 0 Å². The molecule has 1 rings (SSSR count). The van der Waals surface area contributed by atoms with Crippen LogP contribution in [0.15, 0.2) is 12.1 Å². The first-order valence-corrected chi connectivity index (χ1v) is 5.98. The first-order valence-electron chi connectivity index (χ1n) is 5.98. The minimum atomic E-state index is -0.938. The minimum Gasteiger partial charge on any atom is -0.382 e. The fourth-order valence-corrected chi connectivity index (χ4v) is 1.75. The van der Waals surface area contributed by atoms with E-state index in [1.807, 2.05) is 6.92 Å². The molecule has 0 fully saturated rings. The molecule has 0 aliphatic carbocycles. The molecular weight excluding hydrogens is 238 g/mol. The summed E-state index contributed by atoms with van der Waals surface area (Å²) < 4.78 is 26.7. The maximum Gasteiger partial charge on any atom is 0.251 e. The Morgan fingerprint density at radius 3 is 2.61 bits per heavy atom. The van der Waals surface area contributed by atoms with E-state index in [-0.39, 0.29) is 11.3 Å². The van der Waals surface area contributed by atoms with Crippen LogP contribution >= 0.6 is 0 Å². The summed E-state index contributed by atoms with van der Waals surface area (Å²) in [6.45, 7) is 4.67. The van der Waals surface area contributed by atoms with E-state index >= 15 is 0 Å². The number of carbonyl (C=O) groups is 1. The molecule has 0 heterocycles. The number of rotatable bonds is 6. The second-order valence-electron chi connectivity index (χ2n) is 4.45. The fourth-order valence-electron chi connectivity index (χ4n) is 1.75. The lowest BCUT2D eigenvalue weighted by Gasteiger charge is -2.14. The highest BCUT2D eigenvalue weighted by atomic mass is 19.1. The Morgan fingerprint density at radius 1 is 1.39 bits per heavy atom. The van der Waals surface area contributed by atoms with Gasteiger partial charge in [0.15, 0.2) is 0 Å². The van der Waals surface area contributed by atoms with Gasteiger partial charge in [-0.1, -0.05) is 20.3 Å². The normalized spacial score (nSPS) is 12.2. The summed E-state index contributed by atoms with van der Waals surface area (Å²) in [5.74, 6) is -2.19.